The van der Waals surface area contributed by atoms with Crippen molar-refractivity contribution in [3.8, 4) is 11.1 Å². The first-order valence-corrected chi connectivity index (χ1v) is 12.2. The predicted octanol–water partition coefficient (Wildman–Crippen LogP) is 4.41. The minimum Gasteiger partial charge on any atom is -0.367 e. The number of nitrogens with zero attached hydrogens (tertiary/aromatic N) is 4. The molecule has 9 nitrogen and oxygen atoms in total. The highest BCUT2D eigenvalue weighted by atomic mass is 32.2. The molecule has 2 aliphatic heterocycles. The molecule has 1 N–H and O–H groups in total. The van der Waals surface area contributed by atoms with Crippen molar-refractivity contribution in [1.82, 2.24) is 15.2 Å². The van der Waals surface area contributed by atoms with Crippen molar-refractivity contribution < 1.29 is 18.9 Å². The van der Waals surface area contributed by atoms with Crippen LogP contribution in [0.1, 0.15) is 12.5 Å². The molecule has 36 heavy (non-hydrogen) atoms. The second-order valence-corrected chi connectivity index (χ2v) is 9.51. The fraction of sp³-hybridized carbons (Fsp3) is 0.240. The van der Waals surface area contributed by atoms with Crippen LogP contribution in [0.4, 0.5) is 20.6 Å². The lowest BCUT2D eigenvalue weighted by atomic mass is 9.97. The molecule has 0 aliphatic carbocycles. The molecule has 2 fully saturated rings. The molecule has 0 unspecified atom stereocenters. The Morgan fingerprint density at radius 1 is 1.17 bits per heavy atom. The van der Waals surface area contributed by atoms with Crippen molar-refractivity contribution in [3.05, 3.63) is 69.0 Å². The number of amides is 2. The van der Waals surface area contributed by atoms with E-state index in [1.165, 1.54) is 18.3 Å². The fourth-order valence-electron chi connectivity index (χ4n) is 4.53. The smallest absolute Gasteiger partial charge is 0.295 e. The zero-order chi connectivity index (χ0) is 25.4. The van der Waals surface area contributed by atoms with Gasteiger partial charge in [0, 0.05) is 31.6 Å². The molecule has 1 aromatic heterocycles. The third-order valence-electron chi connectivity index (χ3n) is 6.41. The largest absolute Gasteiger partial charge is 0.367 e. The molecule has 2 saturated heterocycles. The third-order valence-corrected chi connectivity index (χ3v) is 7.22. The minimum absolute atomic E-state index is 0.220. The number of likely N-dealkylation sites (N-methyl/N-ethyl adjacent to an activating group) is 1. The monoisotopic (exact) mass is 507 g/mol. The number of carbonyl (C=O) groups excluding carboxylic acids is 2. The van der Waals surface area contributed by atoms with E-state index in [-0.39, 0.29) is 16.2 Å². The fourth-order valence-corrected chi connectivity index (χ4v) is 5.21. The molecule has 184 valence electrons. The lowest BCUT2D eigenvalue weighted by Crippen LogP contribution is -2.46. The Morgan fingerprint density at radius 2 is 1.94 bits per heavy atom. The molecular weight excluding hydrogens is 485 g/mol. The zero-order valence-corrected chi connectivity index (χ0v) is 20.2. The summed E-state index contributed by atoms with van der Waals surface area (Å²) >= 11 is 0.781. The maximum absolute atomic E-state index is 15.3. The molecule has 2 amide bonds. The van der Waals surface area contributed by atoms with E-state index in [9.17, 15) is 19.7 Å². The highest BCUT2D eigenvalue weighted by molar-refractivity contribution is 8.18. The topological polar surface area (TPSA) is 109 Å². The van der Waals surface area contributed by atoms with Crippen LogP contribution in [0.25, 0.3) is 28.1 Å². The lowest BCUT2D eigenvalue weighted by Gasteiger charge is -2.35. The summed E-state index contributed by atoms with van der Waals surface area (Å²) in [5.74, 6) is -0.951. The Bertz CT molecular complexity index is 1440. The third kappa shape index (κ3) is 4.54. The molecule has 0 radical (unpaired) electrons. The Morgan fingerprint density at radius 3 is 2.58 bits per heavy atom. The van der Waals surface area contributed by atoms with E-state index in [4.69, 9.17) is 0 Å². The number of nitro groups is 1. The Labute approximate surface area is 210 Å². The van der Waals surface area contributed by atoms with E-state index in [1.807, 2.05) is 4.90 Å². The normalized spacial score (nSPS) is 17.7. The number of hydrogen-bond acceptors (Lipinski definition) is 8. The van der Waals surface area contributed by atoms with Crippen LogP contribution in [0.15, 0.2) is 47.5 Å². The summed E-state index contributed by atoms with van der Waals surface area (Å²) in [4.78, 5) is 43.5. The molecule has 3 heterocycles. The number of thioether (sulfide) groups is 1. The molecular formula is C25H22FN5O4S. The number of halogens is 1. The van der Waals surface area contributed by atoms with E-state index in [1.54, 1.807) is 30.3 Å². The van der Waals surface area contributed by atoms with Crippen LogP contribution >= 0.6 is 11.8 Å². The van der Waals surface area contributed by atoms with Crippen molar-refractivity contribution >= 4 is 51.3 Å². The van der Waals surface area contributed by atoms with Gasteiger partial charge in [-0.1, -0.05) is 19.1 Å². The van der Waals surface area contributed by atoms with Gasteiger partial charge in [-0.2, -0.15) is 0 Å². The van der Waals surface area contributed by atoms with Crippen LogP contribution in [-0.4, -0.2) is 58.7 Å². The number of fused-ring (bicyclic) bond motifs is 1. The van der Waals surface area contributed by atoms with E-state index in [0.717, 1.165) is 31.4 Å². The highest BCUT2D eigenvalue weighted by Crippen LogP contribution is 2.38. The Kier molecular flexibility index (Phi) is 6.42. The number of anilines is 1. The first-order chi connectivity index (χ1) is 17.3. The average molecular weight is 508 g/mol. The molecule has 2 aromatic carbocycles. The van der Waals surface area contributed by atoms with Gasteiger partial charge in [0.05, 0.1) is 26.6 Å². The van der Waals surface area contributed by atoms with Gasteiger partial charge in [-0.25, -0.2) is 9.37 Å². The number of nitrogens with one attached hydrogen (secondary N) is 1. The van der Waals surface area contributed by atoms with Crippen molar-refractivity contribution in [3.63, 3.8) is 0 Å². The molecule has 0 saturated carbocycles. The van der Waals surface area contributed by atoms with Gasteiger partial charge in [0.1, 0.15) is 12.0 Å². The number of hydrogen-bond donors (Lipinski definition) is 1. The molecule has 0 spiro atoms. The molecule has 3 aromatic rings. The number of rotatable bonds is 5. The molecule has 0 bridgehead atoms. The second kappa shape index (κ2) is 9.67. The SMILES string of the molecule is CCN1CCN(c2ccc(-c3c([N+](=O)[O-])cnc4ccc(C=C5SC(=O)NC5=O)cc34)cc2F)CC1. The summed E-state index contributed by atoms with van der Waals surface area (Å²) in [6.07, 6.45) is 2.71. The van der Waals surface area contributed by atoms with Crippen LogP contribution in [0.3, 0.4) is 0 Å². The maximum atomic E-state index is 15.3. The van der Waals surface area contributed by atoms with Gasteiger partial charge in [0.2, 0.25) is 0 Å². The number of pyridine rings is 1. The number of aromatic nitrogens is 1. The van der Waals surface area contributed by atoms with Crippen LogP contribution < -0.4 is 10.2 Å². The summed E-state index contributed by atoms with van der Waals surface area (Å²) in [7, 11) is 0. The van der Waals surface area contributed by atoms with Gasteiger partial charge in [0.15, 0.2) is 0 Å². The van der Waals surface area contributed by atoms with Gasteiger partial charge in [-0.05, 0) is 59.8 Å². The summed E-state index contributed by atoms with van der Waals surface area (Å²) in [6, 6.07) is 9.72. The predicted molar refractivity (Wildman–Crippen MR) is 137 cm³/mol. The highest BCUT2D eigenvalue weighted by Gasteiger charge is 2.26. The first-order valence-electron chi connectivity index (χ1n) is 11.4. The van der Waals surface area contributed by atoms with Crippen LogP contribution in [0, 0.1) is 15.9 Å². The Balaban J connectivity index is 1.58. The standard InChI is InChI=1S/C25H22FN5O4S/c1-2-29-7-9-30(10-8-29)20-6-4-16(13-18(20)26)23-17-11-15(12-22-24(32)28-25(33)36-22)3-5-19(17)27-14-21(23)31(34)35/h3-6,11-14H,2,7-10H2,1H3,(H,28,32,33). The maximum Gasteiger partial charge on any atom is 0.295 e. The molecule has 0 atom stereocenters. The number of carbonyl (C=O) groups is 2. The zero-order valence-electron chi connectivity index (χ0n) is 19.4. The van der Waals surface area contributed by atoms with Crippen molar-refractivity contribution in [2.45, 2.75) is 6.92 Å². The van der Waals surface area contributed by atoms with Gasteiger partial charge in [-0.15, -0.1) is 0 Å². The van der Waals surface area contributed by atoms with E-state index in [0.29, 0.717) is 40.8 Å². The molecule has 2 aliphatic rings. The van der Waals surface area contributed by atoms with Crippen molar-refractivity contribution in [2.24, 2.45) is 0 Å². The van der Waals surface area contributed by atoms with Crippen molar-refractivity contribution in [2.75, 3.05) is 37.6 Å². The first kappa shape index (κ1) is 23.9. The summed E-state index contributed by atoms with van der Waals surface area (Å²) < 4.78 is 15.3. The van der Waals surface area contributed by atoms with E-state index >= 15 is 4.39 Å². The second-order valence-electron chi connectivity index (χ2n) is 8.49. The van der Waals surface area contributed by atoms with Crippen molar-refractivity contribution in [1.29, 1.82) is 0 Å². The van der Waals surface area contributed by atoms with Crippen LogP contribution in [0.5, 0.6) is 0 Å². The van der Waals surface area contributed by atoms with E-state index in [2.05, 4.69) is 22.1 Å². The number of benzene rings is 2. The summed E-state index contributed by atoms with van der Waals surface area (Å²) in [5.41, 5.74) is 1.86. The minimum atomic E-state index is -0.540. The summed E-state index contributed by atoms with van der Waals surface area (Å²) in [5, 5.41) is 14.1. The van der Waals surface area contributed by atoms with Crippen LogP contribution in [-0.2, 0) is 4.79 Å². The summed E-state index contributed by atoms with van der Waals surface area (Å²) in [6.45, 7) is 6.14. The van der Waals surface area contributed by atoms with Gasteiger partial charge < -0.3 is 9.80 Å². The molecule has 5 rings (SSSR count). The van der Waals surface area contributed by atoms with Crippen LogP contribution in [0.2, 0.25) is 0 Å². The number of imide groups is 1. The average Bonchev–Trinajstić information content (AvgIpc) is 3.19. The Hall–Kier alpha value is -3.83. The van der Waals surface area contributed by atoms with Gasteiger partial charge >= 0.3 is 0 Å². The van der Waals surface area contributed by atoms with Gasteiger partial charge in [0.25, 0.3) is 16.8 Å². The number of piperazine rings is 1. The van der Waals surface area contributed by atoms with Gasteiger partial charge in [-0.3, -0.25) is 25.0 Å². The van der Waals surface area contributed by atoms with E-state index < -0.39 is 21.9 Å². The molecule has 11 heteroatoms. The quantitative estimate of drug-likeness (QED) is 0.307. The lowest BCUT2D eigenvalue weighted by molar-refractivity contribution is -0.384.